The molecule has 6 heteroatoms. The van der Waals surface area contributed by atoms with Gasteiger partial charge >= 0.3 is 5.97 Å². The monoisotopic (exact) mass is 396 g/mol. The number of aromatic nitrogens is 2. The Bertz CT molecular complexity index is 873. The first kappa shape index (κ1) is 14.0. The Balaban J connectivity index is 2.27. The van der Waals surface area contributed by atoms with Gasteiger partial charge in [0.1, 0.15) is 11.6 Å². The lowest BCUT2D eigenvalue weighted by Crippen LogP contribution is -2.00. The van der Waals surface area contributed by atoms with E-state index in [-0.39, 0.29) is 11.4 Å². The van der Waals surface area contributed by atoms with Gasteiger partial charge in [-0.05, 0) is 65.9 Å². The lowest BCUT2D eigenvalue weighted by molar-refractivity contribution is 0.0697. The highest BCUT2D eigenvalue weighted by Crippen LogP contribution is 2.26. The molecule has 3 rings (SSSR count). The Morgan fingerprint density at radius 3 is 2.71 bits per heavy atom. The maximum Gasteiger partial charge on any atom is 0.335 e. The molecule has 1 heterocycles. The number of fused-ring (bicyclic) bond motifs is 1. The van der Waals surface area contributed by atoms with Crippen molar-refractivity contribution >= 4 is 39.6 Å². The molecule has 2 aromatic carbocycles. The number of carboxylic acid groups (broad SMARTS) is 1. The first-order valence-electron chi connectivity index (χ1n) is 6.15. The average molecular weight is 396 g/mol. The third kappa shape index (κ3) is 2.39. The molecule has 106 valence electrons. The normalized spacial score (nSPS) is 11.0. The maximum atomic E-state index is 13.3. The van der Waals surface area contributed by atoms with Gasteiger partial charge in [-0.2, -0.15) is 0 Å². The summed E-state index contributed by atoms with van der Waals surface area (Å²) in [5.74, 6) is -0.559. The number of hydrogen-bond acceptors (Lipinski definition) is 2. The number of hydrogen-bond donors (Lipinski definition) is 1. The van der Waals surface area contributed by atoms with Gasteiger partial charge in [-0.3, -0.25) is 4.57 Å². The number of aromatic carboxylic acids is 1. The zero-order valence-corrected chi connectivity index (χ0v) is 13.1. The van der Waals surface area contributed by atoms with E-state index in [4.69, 9.17) is 5.11 Å². The van der Waals surface area contributed by atoms with Crippen LogP contribution in [0.5, 0.6) is 0 Å². The molecule has 0 unspecified atom stereocenters. The smallest absolute Gasteiger partial charge is 0.335 e. The molecular formula is C15H10FIN2O2. The number of carbonyl (C=O) groups is 1. The van der Waals surface area contributed by atoms with Crippen LogP contribution in [0.15, 0.2) is 36.4 Å². The summed E-state index contributed by atoms with van der Waals surface area (Å²) in [7, 11) is 0. The topological polar surface area (TPSA) is 55.1 Å². The second-order valence-corrected chi connectivity index (χ2v) is 5.76. The Kier molecular flexibility index (Phi) is 3.40. The minimum absolute atomic E-state index is 0.195. The van der Waals surface area contributed by atoms with Gasteiger partial charge in [-0.25, -0.2) is 14.2 Å². The van der Waals surface area contributed by atoms with Crippen LogP contribution >= 0.6 is 22.6 Å². The van der Waals surface area contributed by atoms with Crippen molar-refractivity contribution in [3.63, 3.8) is 0 Å². The second kappa shape index (κ2) is 5.10. The summed E-state index contributed by atoms with van der Waals surface area (Å²) in [4.78, 5) is 15.4. The molecule has 0 saturated carbocycles. The van der Waals surface area contributed by atoms with Crippen molar-refractivity contribution in [2.45, 2.75) is 6.92 Å². The molecule has 0 atom stereocenters. The standard InChI is InChI=1S/C15H10FIN2O2/c1-8-18-12-6-9(15(20)21)2-4-14(12)19(8)13-5-3-10(16)7-11(13)17/h2-7H,1H3,(H,20,21). The van der Waals surface area contributed by atoms with Crippen LogP contribution in [0, 0.1) is 16.3 Å². The van der Waals surface area contributed by atoms with Crippen molar-refractivity contribution in [2.24, 2.45) is 0 Å². The van der Waals surface area contributed by atoms with Gasteiger partial charge < -0.3 is 5.11 Å². The van der Waals surface area contributed by atoms with Crippen LogP contribution in [-0.2, 0) is 0 Å². The number of rotatable bonds is 2. The first-order chi connectivity index (χ1) is 9.97. The Labute approximate surface area is 133 Å². The fraction of sp³-hybridized carbons (Fsp3) is 0.0667. The zero-order chi connectivity index (χ0) is 15.1. The molecule has 0 saturated heterocycles. The van der Waals surface area contributed by atoms with Gasteiger partial charge in [0.15, 0.2) is 0 Å². The summed E-state index contributed by atoms with van der Waals surface area (Å²) >= 11 is 2.07. The highest BCUT2D eigenvalue weighted by Gasteiger charge is 2.14. The van der Waals surface area contributed by atoms with Crippen molar-refractivity contribution in [2.75, 3.05) is 0 Å². The largest absolute Gasteiger partial charge is 0.478 e. The van der Waals surface area contributed by atoms with Crippen LogP contribution in [-0.4, -0.2) is 20.6 Å². The third-order valence-corrected chi connectivity index (χ3v) is 4.08. The van der Waals surface area contributed by atoms with E-state index in [9.17, 15) is 9.18 Å². The molecule has 0 fully saturated rings. The van der Waals surface area contributed by atoms with Crippen molar-refractivity contribution in [3.05, 3.63) is 57.2 Å². The van der Waals surface area contributed by atoms with Crippen LogP contribution in [0.3, 0.4) is 0 Å². The van der Waals surface area contributed by atoms with Gasteiger partial charge in [-0.15, -0.1) is 0 Å². The van der Waals surface area contributed by atoms with Gasteiger partial charge in [0.05, 0.1) is 22.3 Å². The van der Waals surface area contributed by atoms with E-state index in [2.05, 4.69) is 27.6 Å². The highest BCUT2D eigenvalue weighted by atomic mass is 127. The summed E-state index contributed by atoms with van der Waals surface area (Å²) < 4.78 is 15.9. The predicted octanol–water partition coefficient (Wildman–Crippen LogP) is 3.78. The fourth-order valence-electron chi connectivity index (χ4n) is 2.30. The molecule has 0 aliphatic heterocycles. The van der Waals surface area contributed by atoms with Crippen molar-refractivity contribution < 1.29 is 14.3 Å². The van der Waals surface area contributed by atoms with E-state index in [0.717, 1.165) is 20.6 Å². The van der Waals surface area contributed by atoms with Gasteiger partial charge in [0.25, 0.3) is 0 Å². The van der Waals surface area contributed by atoms with Crippen molar-refractivity contribution in [1.82, 2.24) is 9.55 Å². The van der Waals surface area contributed by atoms with E-state index in [1.54, 1.807) is 18.2 Å². The second-order valence-electron chi connectivity index (χ2n) is 4.60. The molecule has 3 aromatic rings. The molecule has 0 radical (unpaired) electrons. The molecule has 0 aliphatic rings. The number of carboxylic acids is 1. The number of benzene rings is 2. The number of aryl methyl sites for hydroxylation is 1. The van der Waals surface area contributed by atoms with Crippen LogP contribution in [0.2, 0.25) is 0 Å². The first-order valence-corrected chi connectivity index (χ1v) is 7.23. The Morgan fingerprint density at radius 1 is 1.29 bits per heavy atom. The molecule has 1 aromatic heterocycles. The summed E-state index contributed by atoms with van der Waals surface area (Å²) in [5.41, 5.74) is 2.41. The molecule has 4 nitrogen and oxygen atoms in total. The summed E-state index contributed by atoms with van der Waals surface area (Å²) in [5, 5.41) is 9.03. The summed E-state index contributed by atoms with van der Waals surface area (Å²) in [6.45, 7) is 1.83. The van der Waals surface area contributed by atoms with E-state index in [1.165, 1.54) is 18.2 Å². The van der Waals surface area contributed by atoms with Crippen molar-refractivity contribution in [1.29, 1.82) is 0 Å². The SMILES string of the molecule is Cc1nc2cc(C(=O)O)ccc2n1-c1ccc(F)cc1I. The number of imidazole rings is 1. The van der Waals surface area contributed by atoms with E-state index in [0.29, 0.717) is 5.52 Å². The summed E-state index contributed by atoms with van der Waals surface area (Å²) in [6.07, 6.45) is 0. The Hall–Kier alpha value is -1.96. The van der Waals surface area contributed by atoms with E-state index < -0.39 is 5.97 Å². The third-order valence-electron chi connectivity index (χ3n) is 3.22. The quantitative estimate of drug-likeness (QED) is 0.671. The van der Waals surface area contributed by atoms with Crippen molar-refractivity contribution in [3.8, 4) is 5.69 Å². The lowest BCUT2D eigenvalue weighted by Gasteiger charge is -2.09. The molecule has 0 aliphatic carbocycles. The molecule has 0 amide bonds. The number of nitrogens with zero attached hydrogens (tertiary/aromatic N) is 2. The minimum Gasteiger partial charge on any atom is -0.478 e. The summed E-state index contributed by atoms with van der Waals surface area (Å²) in [6, 6.07) is 9.34. The molecular weight excluding hydrogens is 386 g/mol. The zero-order valence-electron chi connectivity index (χ0n) is 11.0. The average Bonchev–Trinajstić information content (AvgIpc) is 2.74. The predicted molar refractivity (Wildman–Crippen MR) is 85.4 cm³/mol. The van der Waals surface area contributed by atoms with E-state index >= 15 is 0 Å². The number of halogens is 2. The van der Waals surface area contributed by atoms with Crippen LogP contribution in [0.4, 0.5) is 4.39 Å². The maximum absolute atomic E-state index is 13.3. The van der Waals surface area contributed by atoms with Gasteiger partial charge in [0.2, 0.25) is 0 Å². The molecule has 1 N–H and O–H groups in total. The van der Waals surface area contributed by atoms with Gasteiger partial charge in [0, 0.05) is 3.57 Å². The molecule has 21 heavy (non-hydrogen) atoms. The molecule has 0 spiro atoms. The van der Waals surface area contributed by atoms with Crippen LogP contribution in [0.25, 0.3) is 16.7 Å². The van der Waals surface area contributed by atoms with Crippen LogP contribution in [0.1, 0.15) is 16.2 Å². The lowest BCUT2D eigenvalue weighted by atomic mass is 10.2. The van der Waals surface area contributed by atoms with E-state index in [1.807, 2.05) is 11.5 Å². The Morgan fingerprint density at radius 2 is 2.05 bits per heavy atom. The minimum atomic E-state index is -0.986. The van der Waals surface area contributed by atoms with Gasteiger partial charge in [-0.1, -0.05) is 0 Å². The van der Waals surface area contributed by atoms with Crippen LogP contribution < -0.4 is 0 Å². The fourth-order valence-corrected chi connectivity index (χ4v) is 3.02. The molecule has 0 bridgehead atoms. The highest BCUT2D eigenvalue weighted by molar-refractivity contribution is 14.1.